The summed E-state index contributed by atoms with van der Waals surface area (Å²) >= 11 is 0. The molecule has 74 valence electrons. The maximum absolute atomic E-state index is 9.42. The van der Waals surface area contributed by atoms with Crippen LogP contribution in [0.15, 0.2) is 35.5 Å². The summed E-state index contributed by atoms with van der Waals surface area (Å²) in [6.45, 7) is 0.819. The molecular formula is C12H10N2O. The van der Waals surface area contributed by atoms with E-state index in [9.17, 15) is 5.11 Å². The molecule has 0 spiro atoms. The Balaban J connectivity index is 2.43. The van der Waals surface area contributed by atoms with E-state index in [0.717, 1.165) is 22.8 Å². The number of allylic oxidation sites excluding steroid dienone is 1. The predicted octanol–water partition coefficient (Wildman–Crippen LogP) is 0.152. The highest BCUT2D eigenvalue weighted by molar-refractivity contribution is 5.74. The van der Waals surface area contributed by atoms with E-state index >= 15 is 0 Å². The smallest absolute Gasteiger partial charge is 0.140 e. The number of rotatable bonds is 0. The molecule has 2 aliphatic heterocycles. The van der Waals surface area contributed by atoms with Crippen LogP contribution in [-0.2, 0) is 0 Å². The average Bonchev–Trinajstić information content (AvgIpc) is 2.61. The van der Waals surface area contributed by atoms with Gasteiger partial charge in [0, 0.05) is 17.6 Å². The van der Waals surface area contributed by atoms with Crippen molar-refractivity contribution in [1.82, 2.24) is 4.90 Å². The largest absolute Gasteiger partial charge is 0.508 e. The standard InChI is InChI=1S/C12H10N2O/c15-10-3-4-11-9(8-10)2-1-6-14-7-5-13-12(11)14/h1-6,8,15H,7H2. The lowest BCUT2D eigenvalue weighted by Gasteiger charge is -2.11. The van der Waals surface area contributed by atoms with Crippen molar-refractivity contribution >= 4 is 18.1 Å². The first kappa shape index (κ1) is 8.29. The molecule has 0 fully saturated rings. The van der Waals surface area contributed by atoms with Crippen LogP contribution in [0.2, 0.25) is 0 Å². The lowest BCUT2D eigenvalue weighted by molar-refractivity contribution is 0.474. The maximum Gasteiger partial charge on any atom is 0.140 e. The van der Waals surface area contributed by atoms with Crippen molar-refractivity contribution < 1.29 is 5.11 Å². The van der Waals surface area contributed by atoms with Crippen molar-refractivity contribution in [3.8, 4) is 5.75 Å². The highest BCUT2D eigenvalue weighted by Crippen LogP contribution is 2.12. The van der Waals surface area contributed by atoms with Gasteiger partial charge in [-0.2, -0.15) is 0 Å². The summed E-state index contributed by atoms with van der Waals surface area (Å²) in [6, 6.07) is 5.35. The van der Waals surface area contributed by atoms with Gasteiger partial charge >= 0.3 is 0 Å². The summed E-state index contributed by atoms with van der Waals surface area (Å²) < 4.78 is 0. The third kappa shape index (κ3) is 1.24. The fourth-order valence-electron chi connectivity index (χ4n) is 1.87. The number of aliphatic imine (C=N–C) groups is 1. The Hall–Kier alpha value is -2.03. The molecule has 2 aliphatic rings. The number of phenolic OH excluding ortho intramolecular Hbond substituents is 1. The van der Waals surface area contributed by atoms with Crippen molar-refractivity contribution in [3.63, 3.8) is 0 Å². The molecule has 3 rings (SSSR count). The van der Waals surface area contributed by atoms with Crippen molar-refractivity contribution in [1.29, 1.82) is 0 Å². The van der Waals surface area contributed by atoms with Gasteiger partial charge < -0.3 is 10.0 Å². The first-order valence-electron chi connectivity index (χ1n) is 4.86. The van der Waals surface area contributed by atoms with E-state index in [1.54, 1.807) is 12.1 Å². The summed E-state index contributed by atoms with van der Waals surface area (Å²) in [5, 5.41) is 11.5. The molecule has 3 nitrogen and oxygen atoms in total. The van der Waals surface area contributed by atoms with Crippen LogP contribution in [0.1, 0.15) is 0 Å². The van der Waals surface area contributed by atoms with Crippen LogP contribution in [0.3, 0.4) is 0 Å². The van der Waals surface area contributed by atoms with Crippen molar-refractivity contribution in [2.45, 2.75) is 0 Å². The summed E-state index contributed by atoms with van der Waals surface area (Å²) in [5.41, 5.74) is 0. The number of fused-ring (bicyclic) bond motifs is 2. The van der Waals surface area contributed by atoms with Gasteiger partial charge in [-0.15, -0.1) is 0 Å². The lowest BCUT2D eigenvalue weighted by atomic mass is 10.2. The molecule has 0 aromatic heterocycles. The van der Waals surface area contributed by atoms with Crippen molar-refractivity contribution in [2.24, 2.45) is 4.99 Å². The van der Waals surface area contributed by atoms with Gasteiger partial charge in [-0.3, -0.25) is 0 Å². The lowest BCUT2D eigenvalue weighted by Crippen LogP contribution is -2.28. The number of nitrogens with zero attached hydrogens (tertiary/aromatic N) is 2. The van der Waals surface area contributed by atoms with Crippen LogP contribution in [-0.4, -0.2) is 22.8 Å². The van der Waals surface area contributed by atoms with Crippen LogP contribution in [0.4, 0.5) is 0 Å². The molecule has 2 heterocycles. The van der Waals surface area contributed by atoms with Gasteiger partial charge in [0.2, 0.25) is 0 Å². The zero-order chi connectivity index (χ0) is 10.3. The third-order valence-corrected chi connectivity index (χ3v) is 2.58. The molecule has 0 saturated carbocycles. The van der Waals surface area contributed by atoms with E-state index in [4.69, 9.17) is 0 Å². The molecule has 0 saturated heterocycles. The number of hydrogen-bond donors (Lipinski definition) is 1. The van der Waals surface area contributed by atoms with Crippen LogP contribution in [0.25, 0.3) is 11.9 Å². The Labute approximate surface area is 87.0 Å². The minimum atomic E-state index is 0.287. The van der Waals surface area contributed by atoms with Crippen molar-refractivity contribution in [3.05, 3.63) is 40.9 Å². The van der Waals surface area contributed by atoms with E-state index in [-0.39, 0.29) is 5.75 Å². The molecule has 3 heteroatoms. The van der Waals surface area contributed by atoms with Gasteiger partial charge in [0.15, 0.2) is 0 Å². The maximum atomic E-state index is 9.42. The monoisotopic (exact) mass is 198 g/mol. The van der Waals surface area contributed by atoms with Gasteiger partial charge in [0.05, 0.1) is 6.54 Å². The Morgan fingerprint density at radius 1 is 1.33 bits per heavy atom. The number of phenols is 1. The minimum absolute atomic E-state index is 0.287. The Morgan fingerprint density at radius 3 is 3.20 bits per heavy atom. The second-order valence-corrected chi connectivity index (χ2v) is 3.57. The number of hydrogen-bond acceptors (Lipinski definition) is 3. The van der Waals surface area contributed by atoms with Gasteiger partial charge in [-0.05, 0) is 29.5 Å². The summed E-state index contributed by atoms with van der Waals surface area (Å²) in [5.74, 6) is 1.24. The fourth-order valence-corrected chi connectivity index (χ4v) is 1.87. The van der Waals surface area contributed by atoms with E-state index in [1.807, 2.05) is 30.6 Å². The molecule has 1 N–H and O–H groups in total. The molecule has 0 aliphatic carbocycles. The van der Waals surface area contributed by atoms with Gasteiger partial charge in [0.25, 0.3) is 0 Å². The molecule has 0 amide bonds. The van der Waals surface area contributed by atoms with Gasteiger partial charge in [-0.1, -0.05) is 6.08 Å². The molecule has 15 heavy (non-hydrogen) atoms. The van der Waals surface area contributed by atoms with E-state index in [0.29, 0.717) is 0 Å². The molecule has 0 radical (unpaired) electrons. The molecule has 1 aromatic carbocycles. The van der Waals surface area contributed by atoms with Crippen LogP contribution in [0.5, 0.6) is 5.75 Å². The molecule has 0 unspecified atom stereocenters. The summed E-state index contributed by atoms with van der Waals surface area (Å²) in [4.78, 5) is 6.44. The Kier molecular flexibility index (Phi) is 1.65. The Morgan fingerprint density at radius 2 is 2.27 bits per heavy atom. The fraction of sp³-hybridized carbons (Fsp3) is 0.0833. The van der Waals surface area contributed by atoms with Crippen LogP contribution in [0, 0.1) is 0 Å². The number of aromatic hydroxyl groups is 1. The van der Waals surface area contributed by atoms with Crippen molar-refractivity contribution in [2.75, 3.05) is 6.54 Å². The zero-order valence-corrected chi connectivity index (χ0v) is 8.09. The highest BCUT2D eigenvalue weighted by Gasteiger charge is 2.12. The summed E-state index contributed by atoms with van der Waals surface area (Å²) in [7, 11) is 0. The first-order chi connectivity index (χ1) is 7.34. The third-order valence-electron chi connectivity index (χ3n) is 2.58. The second kappa shape index (κ2) is 2.98. The normalized spacial score (nSPS) is 17.1. The number of benzene rings is 1. The quantitative estimate of drug-likeness (QED) is 0.644. The average molecular weight is 198 g/mol. The Bertz CT molecular complexity index is 584. The van der Waals surface area contributed by atoms with E-state index < -0.39 is 0 Å². The van der Waals surface area contributed by atoms with Crippen LogP contribution < -0.4 is 10.4 Å². The van der Waals surface area contributed by atoms with E-state index in [1.165, 1.54) is 0 Å². The minimum Gasteiger partial charge on any atom is -0.508 e. The zero-order valence-electron chi connectivity index (χ0n) is 8.09. The molecule has 1 aromatic rings. The van der Waals surface area contributed by atoms with Gasteiger partial charge in [-0.25, -0.2) is 4.99 Å². The summed E-state index contributed by atoms with van der Waals surface area (Å²) in [6.07, 6.45) is 7.84. The van der Waals surface area contributed by atoms with Crippen LogP contribution >= 0.6 is 0 Å². The predicted molar refractivity (Wildman–Crippen MR) is 59.6 cm³/mol. The topological polar surface area (TPSA) is 35.8 Å². The highest BCUT2D eigenvalue weighted by atomic mass is 16.3. The molecular weight excluding hydrogens is 188 g/mol. The van der Waals surface area contributed by atoms with Gasteiger partial charge in [0.1, 0.15) is 11.6 Å². The van der Waals surface area contributed by atoms with E-state index in [2.05, 4.69) is 9.89 Å². The molecule has 0 atom stereocenters. The first-order valence-corrected chi connectivity index (χ1v) is 4.86. The second-order valence-electron chi connectivity index (χ2n) is 3.57. The SMILES string of the molecule is Oc1ccc2c(c1)=CC=CN1CC=NC=21. The molecule has 0 bridgehead atoms.